The molecule has 0 atom stereocenters. The van der Waals surface area contributed by atoms with Gasteiger partial charge in [0.25, 0.3) is 0 Å². The number of pyridine rings is 1. The minimum atomic E-state index is 0.0267. The largest absolute Gasteiger partial charge is 0.481 e. The summed E-state index contributed by atoms with van der Waals surface area (Å²) in [5.41, 5.74) is 0.812. The number of ether oxygens (including phenoxy) is 1. The summed E-state index contributed by atoms with van der Waals surface area (Å²) in [5, 5.41) is 8.67. The van der Waals surface area contributed by atoms with E-state index in [4.69, 9.17) is 9.76 Å². The third-order valence-corrected chi connectivity index (χ3v) is 1.19. The molecular formula is C6H8BNO2. The van der Waals surface area contributed by atoms with E-state index in [0.29, 0.717) is 5.88 Å². The topological polar surface area (TPSA) is 42.4 Å². The van der Waals surface area contributed by atoms with Crippen molar-refractivity contribution in [2.45, 2.75) is 0 Å². The van der Waals surface area contributed by atoms with E-state index in [9.17, 15) is 0 Å². The minimum absolute atomic E-state index is 0.0267. The van der Waals surface area contributed by atoms with Gasteiger partial charge in [-0.05, 0) is 17.6 Å². The third-order valence-electron chi connectivity index (χ3n) is 1.19. The molecule has 0 radical (unpaired) electrons. The van der Waals surface area contributed by atoms with Gasteiger partial charge in [0.05, 0.1) is 7.11 Å². The molecule has 1 aromatic heterocycles. The first-order chi connectivity index (χ1) is 4.86. The SMILES string of the molecule is COc1cc(BO)ccn1. The Balaban J connectivity index is 2.87. The number of aromatic nitrogens is 1. The standard InChI is InChI=1S/C6H8BNO2/c1-10-6-4-5(7-9)2-3-8-6/h2-4,7,9H,1H3. The Morgan fingerprint density at radius 3 is 3.10 bits per heavy atom. The average molecular weight is 137 g/mol. The maximum atomic E-state index is 8.67. The maximum Gasteiger partial charge on any atom is 0.305 e. The lowest BCUT2D eigenvalue weighted by Gasteiger charge is -1.97. The highest BCUT2D eigenvalue weighted by molar-refractivity contribution is 6.45. The zero-order valence-electron chi connectivity index (χ0n) is 5.74. The smallest absolute Gasteiger partial charge is 0.305 e. The number of rotatable bonds is 2. The Bertz CT molecular complexity index is 197. The van der Waals surface area contributed by atoms with Gasteiger partial charge < -0.3 is 9.76 Å². The average Bonchev–Trinajstić information content (AvgIpc) is 2.05. The molecule has 0 fully saturated rings. The molecule has 0 aliphatic heterocycles. The highest BCUT2D eigenvalue weighted by atomic mass is 16.5. The zero-order valence-corrected chi connectivity index (χ0v) is 5.74. The van der Waals surface area contributed by atoms with Crippen LogP contribution in [0.1, 0.15) is 0 Å². The first-order valence-corrected chi connectivity index (χ1v) is 2.96. The summed E-state index contributed by atoms with van der Waals surface area (Å²) in [6.45, 7) is 0. The van der Waals surface area contributed by atoms with Gasteiger partial charge in [0.1, 0.15) is 0 Å². The monoisotopic (exact) mass is 137 g/mol. The van der Waals surface area contributed by atoms with Gasteiger partial charge in [-0.1, -0.05) is 0 Å². The van der Waals surface area contributed by atoms with Gasteiger partial charge in [-0.25, -0.2) is 4.98 Å². The van der Waals surface area contributed by atoms with E-state index in [2.05, 4.69) is 4.98 Å². The van der Waals surface area contributed by atoms with Crippen LogP contribution >= 0.6 is 0 Å². The van der Waals surface area contributed by atoms with Crippen LogP contribution in [0.3, 0.4) is 0 Å². The molecule has 10 heavy (non-hydrogen) atoms. The van der Waals surface area contributed by atoms with Crippen molar-refractivity contribution in [3.05, 3.63) is 18.3 Å². The number of hydrogen-bond donors (Lipinski definition) is 1. The van der Waals surface area contributed by atoms with Crippen LogP contribution in [0.4, 0.5) is 0 Å². The molecule has 0 aromatic carbocycles. The molecule has 0 saturated heterocycles. The predicted octanol–water partition coefficient (Wildman–Crippen LogP) is -0.941. The quantitative estimate of drug-likeness (QED) is 0.535. The van der Waals surface area contributed by atoms with Crippen LogP contribution in [0.25, 0.3) is 0 Å². The van der Waals surface area contributed by atoms with Crippen LogP contribution in [-0.2, 0) is 0 Å². The van der Waals surface area contributed by atoms with Gasteiger partial charge in [-0.3, -0.25) is 0 Å². The van der Waals surface area contributed by atoms with Crippen LogP contribution in [0.5, 0.6) is 5.88 Å². The van der Waals surface area contributed by atoms with Gasteiger partial charge in [-0.2, -0.15) is 0 Å². The molecule has 4 heteroatoms. The molecule has 52 valence electrons. The molecule has 3 nitrogen and oxygen atoms in total. The molecule has 0 spiro atoms. The van der Waals surface area contributed by atoms with Crippen molar-refractivity contribution < 1.29 is 9.76 Å². The molecule has 0 saturated carbocycles. The lowest BCUT2D eigenvalue weighted by atomic mass is 9.90. The number of methoxy groups -OCH3 is 1. The van der Waals surface area contributed by atoms with Crippen LogP contribution in [0.2, 0.25) is 0 Å². The van der Waals surface area contributed by atoms with Crippen molar-refractivity contribution in [3.63, 3.8) is 0 Å². The normalized spacial score (nSPS) is 9.00. The highest BCUT2D eigenvalue weighted by Gasteiger charge is 1.94. The van der Waals surface area contributed by atoms with Crippen molar-refractivity contribution >= 4 is 12.9 Å². The van der Waals surface area contributed by atoms with Crippen LogP contribution in [0.15, 0.2) is 18.3 Å². The van der Waals surface area contributed by atoms with Crippen molar-refractivity contribution in [2.75, 3.05) is 7.11 Å². The summed E-state index contributed by atoms with van der Waals surface area (Å²) in [6.07, 6.45) is 1.60. The maximum absolute atomic E-state index is 8.67. The van der Waals surface area contributed by atoms with Gasteiger partial charge in [0, 0.05) is 6.20 Å². The van der Waals surface area contributed by atoms with Crippen LogP contribution < -0.4 is 10.2 Å². The molecule has 1 aromatic rings. The van der Waals surface area contributed by atoms with E-state index >= 15 is 0 Å². The summed E-state index contributed by atoms with van der Waals surface area (Å²) in [5.74, 6) is 0.534. The number of hydrogen-bond acceptors (Lipinski definition) is 3. The molecule has 0 bridgehead atoms. The summed E-state index contributed by atoms with van der Waals surface area (Å²) in [4.78, 5) is 3.87. The number of nitrogens with zero attached hydrogens (tertiary/aromatic N) is 1. The molecule has 1 rings (SSSR count). The highest BCUT2D eigenvalue weighted by Crippen LogP contribution is 1.98. The molecule has 0 unspecified atom stereocenters. The van der Waals surface area contributed by atoms with Gasteiger partial charge in [0.2, 0.25) is 5.88 Å². The Morgan fingerprint density at radius 2 is 2.50 bits per heavy atom. The lowest BCUT2D eigenvalue weighted by molar-refractivity contribution is 0.398. The van der Waals surface area contributed by atoms with Gasteiger partial charge in [-0.15, -0.1) is 0 Å². The van der Waals surface area contributed by atoms with Crippen LogP contribution in [0, 0.1) is 0 Å². The van der Waals surface area contributed by atoms with E-state index in [-0.39, 0.29) is 7.48 Å². The second kappa shape index (κ2) is 3.22. The Morgan fingerprint density at radius 1 is 1.70 bits per heavy atom. The second-order valence-electron chi connectivity index (χ2n) is 1.86. The van der Waals surface area contributed by atoms with Crippen molar-refractivity contribution in [1.82, 2.24) is 4.98 Å². The molecule has 0 aliphatic carbocycles. The summed E-state index contributed by atoms with van der Waals surface area (Å²) in [6, 6.07) is 3.43. The van der Waals surface area contributed by atoms with Crippen molar-refractivity contribution in [3.8, 4) is 5.88 Å². The molecule has 1 N–H and O–H groups in total. The minimum Gasteiger partial charge on any atom is -0.481 e. The molecule has 1 heterocycles. The fraction of sp³-hybridized carbons (Fsp3) is 0.167. The third kappa shape index (κ3) is 1.48. The first-order valence-electron chi connectivity index (χ1n) is 2.96. The second-order valence-corrected chi connectivity index (χ2v) is 1.86. The van der Waals surface area contributed by atoms with Crippen LogP contribution in [-0.4, -0.2) is 24.6 Å². The Kier molecular flexibility index (Phi) is 2.28. The van der Waals surface area contributed by atoms with Crippen molar-refractivity contribution in [2.24, 2.45) is 0 Å². The fourth-order valence-electron chi connectivity index (χ4n) is 0.660. The van der Waals surface area contributed by atoms with Gasteiger partial charge in [0.15, 0.2) is 0 Å². The molecule has 0 aliphatic rings. The first kappa shape index (κ1) is 7.09. The summed E-state index contributed by atoms with van der Waals surface area (Å²) >= 11 is 0. The Hall–Kier alpha value is -1.03. The fourth-order valence-corrected chi connectivity index (χ4v) is 0.660. The van der Waals surface area contributed by atoms with Gasteiger partial charge >= 0.3 is 7.48 Å². The lowest BCUT2D eigenvalue weighted by Crippen LogP contribution is -2.13. The van der Waals surface area contributed by atoms with Crippen molar-refractivity contribution in [1.29, 1.82) is 0 Å². The van der Waals surface area contributed by atoms with E-state index < -0.39 is 0 Å². The molecular weight excluding hydrogens is 129 g/mol. The van der Waals surface area contributed by atoms with E-state index in [0.717, 1.165) is 5.46 Å². The Labute approximate surface area is 59.9 Å². The van der Waals surface area contributed by atoms with E-state index in [1.807, 2.05) is 0 Å². The zero-order chi connectivity index (χ0) is 7.40. The summed E-state index contributed by atoms with van der Waals surface area (Å²) < 4.78 is 4.83. The predicted molar refractivity (Wildman–Crippen MR) is 39.8 cm³/mol. The van der Waals surface area contributed by atoms with E-state index in [1.165, 1.54) is 0 Å². The van der Waals surface area contributed by atoms with E-state index in [1.54, 1.807) is 25.4 Å². The summed E-state index contributed by atoms with van der Waals surface area (Å²) in [7, 11) is 1.57. The molecule has 0 amide bonds.